The molecule has 0 aliphatic heterocycles. The van der Waals surface area contributed by atoms with Crippen LogP contribution in [0.3, 0.4) is 0 Å². The van der Waals surface area contributed by atoms with E-state index in [0.29, 0.717) is 18.4 Å². The van der Waals surface area contributed by atoms with Crippen molar-refractivity contribution < 1.29 is 9.84 Å². The van der Waals surface area contributed by atoms with Gasteiger partial charge in [0.2, 0.25) is 0 Å². The average molecular weight is 188 g/mol. The van der Waals surface area contributed by atoms with Gasteiger partial charge in [0.05, 0.1) is 0 Å². The van der Waals surface area contributed by atoms with Crippen molar-refractivity contribution in [2.45, 2.75) is 40.0 Å². The summed E-state index contributed by atoms with van der Waals surface area (Å²) in [5.41, 5.74) is 0. The Labute approximate surface area is 82.3 Å². The number of ether oxygens (including phenoxy) is 1. The summed E-state index contributed by atoms with van der Waals surface area (Å²) in [7, 11) is 0. The average Bonchev–Trinajstić information content (AvgIpc) is 2.09. The molecule has 0 aromatic carbocycles. The fourth-order valence-electron chi connectivity index (χ4n) is 1.57. The predicted molar refractivity (Wildman–Crippen MR) is 55.8 cm³/mol. The van der Waals surface area contributed by atoms with Crippen molar-refractivity contribution in [1.29, 1.82) is 0 Å². The Morgan fingerprint density at radius 1 is 1.31 bits per heavy atom. The van der Waals surface area contributed by atoms with Gasteiger partial charge in [-0.1, -0.05) is 13.8 Å². The maximum absolute atomic E-state index is 9.09. The number of hydrogen-bond donors (Lipinski definition) is 1. The van der Waals surface area contributed by atoms with Crippen molar-refractivity contribution in [2.24, 2.45) is 11.8 Å². The van der Waals surface area contributed by atoms with Crippen LogP contribution in [-0.4, -0.2) is 24.9 Å². The zero-order valence-corrected chi connectivity index (χ0v) is 9.25. The largest absolute Gasteiger partial charge is 0.396 e. The summed E-state index contributed by atoms with van der Waals surface area (Å²) in [4.78, 5) is 0. The molecule has 1 N–H and O–H groups in total. The molecule has 0 saturated carbocycles. The maximum Gasteiger partial charge on any atom is 0.0466 e. The lowest BCUT2D eigenvalue weighted by Crippen LogP contribution is -2.10. The minimum atomic E-state index is 0.324. The van der Waals surface area contributed by atoms with E-state index in [1.165, 1.54) is 0 Å². The van der Waals surface area contributed by atoms with Crippen LogP contribution in [0.2, 0.25) is 0 Å². The standard InChI is InChI=1S/C11H24O2/c1-4-13-7-5-6-11(9-12)8-10(2)3/h10-12H,4-9H2,1-3H3. The third kappa shape index (κ3) is 8.26. The minimum absolute atomic E-state index is 0.324. The molecule has 0 heterocycles. The number of rotatable bonds is 8. The molecular formula is C11H24O2. The van der Waals surface area contributed by atoms with Crippen LogP contribution < -0.4 is 0 Å². The third-order valence-electron chi connectivity index (χ3n) is 2.17. The van der Waals surface area contributed by atoms with Gasteiger partial charge in [-0.15, -0.1) is 0 Å². The minimum Gasteiger partial charge on any atom is -0.396 e. The third-order valence-corrected chi connectivity index (χ3v) is 2.17. The molecule has 0 fully saturated rings. The molecule has 0 spiro atoms. The Kier molecular flexibility index (Phi) is 8.46. The quantitative estimate of drug-likeness (QED) is 0.593. The van der Waals surface area contributed by atoms with Crippen LogP contribution >= 0.6 is 0 Å². The molecule has 1 atom stereocenters. The van der Waals surface area contributed by atoms with Crippen molar-refractivity contribution in [2.75, 3.05) is 19.8 Å². The van der Waals surface area contributed by atoms with Crippen molar-refractivity contribution >= 4 is 0 Å². The van der Waals surface area contributed by atoms with Gasteiger partial charge in [-0.25, -0.2) is 0 Å². The van der Waals surface area contributed by atoms with Gasteiger partial charge >= 0.3 is 0 Å². The smallest absolute Gasteiger partial charge is 0.0466 e. The highest BCUT2D eigenvalue weighted by molar-refractivity contribution is 4.60. The maximum atomic E-state index is 9.09. The molecule has 0 aromatic rings. The van der Waals surface area contributed by atoms with E-state index in [1.807, 2.05) is 6.92 Å². The molecule has 0 aromatic heterocycles. The highest BCUT2D eigenvalue weighted by Crippen LogP contribution is 2.16. The monoisotopic (exact) mass is 188 g/mol. The van der Waals surface area contributed by atoms with E-state index in [1.54, 1.807) is 0 Å². The lowest BCUT2D eigenvalue weighted by Gasteiger charge is -2.15. The molecule has 0 rings (SSSR count). The highest BCUT2D eigenvalue weighted by atomic mass is 16.5. The molecule has 0 aliphatic carbocycles. The van der Waals surface area contributed by atoms with Gasteiger partial charge in [0.15, 0.2) is 0 Å². The van der Waals surface area contributed by atoms with E-state index in [9.17, 15) is 0 Å². The Hall–Kier alpha value is -0.0800. The lowest BCUT2D eigenvalue weighted by atomic mass is 9.94. The molecule has 0 aliphatic rings. The van der Waals surface area contributed by atoms with E-state index in [4.69, 9.17) is 9.84 Å². The van der Waals surface area contributed by atoms with Crippen LogP contribution in [0.15, 0.2) is 0 Å². The lowest BCUT2D eigenvalue weighted by molar-refractivity contribution is 0.128. The second kappa shape index (κ2) is 8.52. The zero-order valence-electron chi connectivity index (χ0n) is 9.25. The van der Waals surface area contributed by atoms with Gasteiger partial charge in [-0.05, 0) is 38.0 Å². The van der Waals surface area contributed by atoms with Crippen molar-refractivity contribution in [3.05, 3.63) is 0 Å². The Balaban J connectivity index is 3.36. The summed E-state index contributed by atoms with van der Waals surface area (Å²) in [5, 5.41) is 9.09. The van der Waals surface area contributed by atoms with Crippen LogP contribution in [-0.2, 0) is 4.74 Å². The molecule has 80 valence electrons. The molecular weight excluding hydrogens is 164 g/mol. The first-order chi connectivity index (χ1) is 6.20. The van der Waals surface area contributed by atoms with Crippen molar-refractivity contribution in [1.82, 2.24) is 0 Å². The summed E-state index contributed by atoms with van der Waals surface area (Å²) >= 11 is 0. The van der Waals surface area contributed by atoms with Crippen LogP contribution in [0.25, 0.3) is 0 Å². The first kappa shape index (κ1) is 12.9. The summed E-state index contributed by atoms with van der Waals surface area (Å²) in [6.45, 7) is 8.37. The molecule has 2 heteroatoms. The van der Waals surface area contributed by atoms with Crippen molar-refractivity contribution in [3.8, 4) is 0 Å². The molecule has 13 heavy (non-hydrogen) atoms. The van der Waals surface area contributed by atoms with Gasteiger partial charge in [0.25, 0.3) is 0 Å². The normalized spacial score (nSPS) is 13.6. The van der Waals surface area contributed by atoms with Gasteiger partial charge in [-0.2, -0.15) is 0 Å². The number of aliphatic hydroxyl groups excluding tert-OH is 1. The second-order valence-corrected chi connectivity index (χ2v) is 4.02. The highest BCUT2D eigenvalue weighted by Gasteiger charge is 2.08. The van der Waals surface area contributed by atoms with E-state index in [2.05, 4.69) is 13.8 Å². The number of hydrogen-bond acceptors (Lipinski definition) is 2. The number of aliphatic hydroxyl groups is 1. The molecule has 0 radical (unpaired) electrons. The van der Waals surface area contributed by atoms with Crippen LogP contribution in [0, 0.1) is 11.8 Å². The molecule has 0 saturated heterocycles. The predicted octanol–water partition coefficient (Wildman–Crippen LogP) is 2.46. The Bertz CT molecular complexity index is 102. The van der Waals surface area contributed by atoms with E-state index < -0.39 is 0 Å². The van der Waals surface area contributed by atoms with Crippen molar-refractivity contribution in [3.63, 3.8) is 0 Å². The van der Waals surface area contributed by atoms with Crippen LogP contribution in [0.5, 0.6) is 0 Å². The van der Waals surface area contributed by atoms with Gasteiger partial charge < -0.3 is 9.84 Å². The van der Waals surface area contributed by atoms with E-state index in [0.717, 1.165) is 32.5 Å². The summed E-state index contributed by atoms with van der Waals surface area (Å²) in [5.74, 6) is 1.16. The van der Waals surface area contributed by atoms with E-state index in [-0.39, 0.29) is 0 Å². The van der Waals surface area contributed by atoms with Crippen LogP contribution in [0.4, 0.5) is 0 Å². The molecule has 2 nitrogen and oxygen atoms in total. The first-order valence-corrected chi connectivity index (χ1v) is 5.39. The SMILES string of the molecule is CCOCCCC(CO)CC(C)C. The van der Waals surface area contributed by atoms with Gasteiger partial charge in [-0.3, -0.25) is 0 Å². The fraction of sp³-hybridized carbons (Fsp3) is 1.00. The fourth-order valence-corrected chi connectivity index (χ4v) is 1.57. The summed E-state index contributed by atoms with van der Waals surface area (Å²) in [6, 6.07) is 0. The van der Waals surface area contributed by atoms with Crippen LogP contribution in [0.1, 0.15) is 40.0 Å². The topological polar surface area (TPSA) is 29.5 Å². The summed E-state index contributed by atoms with van der Waals surface area (Å²) < 4.78 is 5.25. The first-order valence-electron chi connectivity index (χ1n) is 5.39. The zero-order chi connectivity index (χ0) is 10.1. The van der Waals surface area contributed by atoms with Gasteiger partial charge in [0, 0.05) is 19.8 Å². The molecule has 0 bridgehead atoms. The molecule has 0 amide bonds. The van der Waals surface area contributed by atoms with E-state index >= 15 is 0 Å². The molecule has 1 unspecified atom stereocenters. The summed E-state index contributed by atoms with van der Waals surface area (Å²) in [6.07, 6.45) is 3.29. The van der Waals surface area contributed by atoms with Gasteiger partial charge in [0.1, 0.15) is 0 Å². The Morgan fingerprint density at radius 3 is 2.46 bits per heavy atom. The Morgan fingerprint density at radius 2 is 2.00 bits per heavy atom. The second-order valence-electron chi connectivity index (χ2n) is 4.02.